The lowest BCUT2D eigenvalue weighted by Gasteiger charge is -2.08. The monoisotopic (exact) mass is 241 g/mol. The molecular formula is C15H15NO2. The van der Waals surface area contributed by atoms with Crippen molar-refractivity contribution in [3.05, 3.63) is 60.7 Å². The van der Waals surface area contributed by atoms with Crippen molar-refractivity contribution in [1.82, 2.24) is 0 Å². The largest absolute Gasteiger partial charge is 0.450 e. The van der Waals surface area contributed by atoms with Crippen molar-refractivity contribution in [2.75, 3.05) is 6.61 Å². The molecule has 0 spiro atoms. The van der Waals surface area contributed by atoms with Crippen molar-refractivity contribution in [2.45, 2.75) is 6.92 Å². The van der Waals surface area contributed by atoms with Crippen LogP contribution in [0.3, 0.4) is 0 Å². The summed E-state index contributed by atoms with van der Waals surface area (Å²) >= 11 is 0. The van der Waals surface area contributed by atoms with Gasteiger partial charge in [0.1, 0.15) is 5.75 Å². The van der Waals surface area contributed by atoms with E-state index in [1.54, 1.807) is 0 Å². The molecule has 18 heavy (non-hydrogen) atoms. The van der Waals surface area contributed by atoms with Crippen LogP contribution in [0.4, 0.5) is 5.69 Å². The smallest absolute Gasteiger partial charge is 0.394 e. The van der Waals surface area contributed by atoms with E-state index in [0.29, 0.717) is 12.4 Å². The Labute approximate surface area is 107 Å². The summed E-state index contributed by atoms with van der Waals surface area (Å²) in [5.41, 5.74) is 0.803. The Morgan fingerprint density at radius 3 is 2.17 bits per heavy atom. The molecule has 0 N–H and O–H groups in total. The molecule has 0 amide bonds. The fraction of sp³-hybridized carbons (Fsp3) is 0.133. The van der Waals surface area contributed by atoms with Crippen molar-refractivity contribution in [3.63, 3.8) is 0 Å². The number of hydrogen-bond donors (Lipinski definition) is 0. The summed E-state index contributed by atoms with van der Waals surface area (Å²) in [6.45, 7) is 2.41. The molecule has 2 rings (SSSR count). The average molecular weight is 241 g/mol. The number of rotatable bonds is 3. The predicted octanol–water partition coefficient (Wildman–Crippen LogP) is 3.79. The molecule has 0 bridgehead atoms. The molecule has 0 saturated carbocycles. The second kappa shape index (κ2) is 6.45. The maximum atomic E-state index is 5.59. The average Bonchev–Trinajstić information content (AvgIpc) is 2.41. The SMILES string of the molecule is CCOC(=Nc1ccccc1)Oc1ccccc1. The van der Waals surface area contributed by atoms with Crippen LogP contribution in [0, 0.1) is 0 Å². The van der Waals surface area contributed by atoms with Gasteiger partial charge < -0.3 is 9.47 Å². The highest BCUT2D eigenvalue weighted by Gasteiger charge is 2.03. The molecule has 0 saturated heterocycles. The third-order valence-electron chi connectivity index (χ3n) is 2.19. The molecule has 0 aliphatic carbocycles. The van der Waals surface area contributed by atoms with Gasteiger partial charge in [0.05, 0.1) is 12.3 Å². The van der Waals surface area contributed by atoms with Gasteiger partial charge in [-0.1, -0.05) is 36.4 Å². The fourth-order valence-electron chi connectivity index (χ4n) is 1.41. The molecule has 0 unspecified atom stereocenters. The van der Waals surface area contributed by atoms with Crippen LogP contribution in [0.1, 0.15) is 6.92 Å². The first kappa shape index (κ1) is 12.2. The van der Waals surface area contributed by atoms with Crippen molar-refractivity contribution >= 4 is 11.8 Å². The van der Waals surface area contributed by atoms with E-state index in [1.165, 1.54) is 0 Å². The van der Waals surface area contributed by atoms with Gasteiger partial charge in [-0.3, -0.25) is 0 Å². The lowest BCUT2D eigenvalue weighted by Crippen LogP contribution is -2.12. The van der Waals surface area contributed by atoms with Crippen molar-refractivity contribution in [3.8, 4) is 5.75 Å². The van der Waals surface area contributed by atoms with E-state index in [-0.39, 0.29) is 6.08 Å². The maximum absolute atomic E-state index is 5.59. The van der Waals surface area contributed by atoms with E-state index >= 15 is 0 Å². The van der Waals surface area contributed by atoms with E-state index in [4.69, 9.17) is 9.47 Å². The highest BCUT2D eigenvalue weighted by atomic mass is 16.7. The number of ether oxygens (including phenoxy) is 2. The number of aliphatic imine (C=N–C) groups is 1. The molecular weight excluding hydrogens is 226 g/mol. The summed E-state index contributed by atoms with van der Waals surface area (Å²) in [7, 11) is 0. The number of benzene rings is 2. The van der Waals surface area contributed by atoms with Crippen molar-refractivity contribution in [2.24, 2.45) is 4.99 Å². The van der Waals surface area contributed by atoms with Crippen LogP contribution >= 0.6 is 0 Å². The zero-order chi connectivity index (χ0) is 12.6. The lowest BCUT2D eigenvalue weighted by atomic mass is 10.3. The minimum absolute atomic E-state index is 0.259. The Kier molecular flexibility index (Phi) is 4.36. The minimum Gasteiger partial charge on any atom is -0.450 e. The quantitative estimate of drug-likeness (QED) is 0.604. The summed E-state index contributed by atoms with van der Waals surface area (Å²) in [5.74, 6) is 0.709. The Balaban J connectivity index is 2.16. The first-order valence-corrected chi connectivity index (χ1v) is 5.88. The van der Waals surface area contributed by atoms with Gasteiger partial charge in [-0.05, 0) is 31.2 Å². The van der Waals surface area contributed by atoms with Crippen molar-refractivity contribution < 1.29 is 9.47 Å². The van der Waals surface area contributed by atoms with Gasteiger partial charge in [-0.2, -0.15) is 4.99 Å². The van der Waals surface area contributed by atoms with Crippen LogP contribution in [0.2, 0.25) is 0 Å². The van der Waals surface area contributed by atoms with Gasteiger partial charge in [0.25, 0.3) is 0 Å². The molecule has 92 valence electrons. The third kappa shape index (κ3) is 3.63. The first-order valence-electron chi connectivity index (χ1n) is 5.88. The number of hydrogen-bond acceptors (Lipinski definition) is 3. The van der Waals surface area contributed by atoms with Gasteiger partial charge in [-0.15, -0.1) is 0 Å². The summed E-state index contributed by atoms with van der Waals surface area (Å²) in [6.07, 6.45) is 0.259. The minimum atomic E-state index is 0.259. The highest BCUT2D eigenvalue weighted by molar-refractivity contribution is 5.73. The lowest BCUT2D eigenvalue weighted by molar-refractivity contribution is 0.251. The fourth-order valence-corrected chi connectivity index (χ4v) is 1.41. The zero-order valence-corrected chi connectivity index (χ0v) is 10.2. The second-order valence-electron chi connectivity index (χ2n) is 3.56. The molecule has 2 aromatic carbocycles. The summed E-state index contributed by atoms with van der Waals surface area (Å²) in [4.78, 5) is 4.32. The molecule has 2 aromatic rings. The molecule has 0 heterocycles. The number of nitrogens with zero attached hydrogens (tertiary/aromatic N) is 1. The Morgan fingerprint density at radius 2 is 1.56 bits per heavy atom. The van der Waals surface area contributed by atoms with E-state index in [2.05, 4.69) is 4.99 Å². The molecule has 0 aromatic heterocycles. The topological polar surface area (TPSA) is 30.8 Å². The molecule has 0 aliphatic heterocycles. The van der Waals surface area contributed by atoms with Gasteiger partial charge in [0.2, 0.25) is 0 Å². The Hall–Kier alpha value is -2.29. The van der Waals surface area contributed by atoms with Crippen molar-refractivity contribution in [1.29, 1.82) is 0 Å². The van der Waals surface area contributed by atoms with Gasteiger partial charge in [0.15, 0.2) is 0 Å². The van der Waals surface area contributed by atoms with Gasteiger partial charge in [-0.25, -0.2) is 0 Å². The van der Waals surface area contributed by atoms with Crippen LogP contribution in [0.25, 0.3) is 0 Å². The van der Waals surface area contributed by atoms with Gasteiger partial charge in [0, 0.05) is 0 Å². The number of para-hydroxylation sites is 2. The van der Waals surface area contributed by atoms with E-state index in [0.717, 1.165) is 5.69 Å². The molecule has 3 nitrogen and oxygen atoms in total. The first-order chi connectivity index (χ1) is 8.88. The van der Waals surface area contributed by atoms with Crippen LogP contribution in [0.15, 0.2) is 65.7 Å². The molecule has 0 radical (unpaired) electrons. The summed E-state index contributed by atoms with van der Waals surface area (Å²) < 4.78 is 11.0. The van der Waals surface area contributed by atoms with E-state index in [1.807, 2.05) is 67.6 Å². The molecule has 0 aliphatic rings. The molecule has 3 heteroatoms. The van der Waals surface area contributed by atoms with Crippen LogP contribution in [-0.2, 0) is 4.74 Å². The Bertz CT molecular complexity index is 494. The zero-order valence-electron chi connectivity index (χ0n) is 10.2. The van der Waals surface area contributed by atoms with Crippen LogP contribution < -0.4 is 4.74 Å². The molecule has 0 atom stereocenters. The second-order valence-corrected chi connectivity index (χ2v) is 3.56. The summed E-state index contributed by atoms with van der Waals surface area (Å²) in [6, 6.07) is 19.0. The van der Waals surface area contributed by atoms with E-state index in [9.17, 15) is 0 Å². The van der Waals surface area contributed by atoms with E-state index < -0.39 is 0 Å². The van der Waals surface area contributed by atoms with Gasteiger partial charge >= 0.3 is 6.08 Å². The maximum Gasteiger partial charge on any atom is 0.394 e. The standard InChI is InChI=1S/C15H15NO2/c1-2-17-15(16-13-9-5-3-6-10-13)18-14-11-7-4-8-12-14/h3-12H,2H2,1H3. The Morgan fingerprint density at radius 1 is 0.944 bits per heavy atom. The third-order valence-corrected chi connectivity index (χ3v) is 2.19. The van der Waals surface area contributed by atoms with Crippen LogP contribution in [-0.4, -0.2) is 12.7 Å². The highest BCUT2D eigenvalue weighted by Crippen LogP contribution is 2.14. The van der Waals surface area contributed by atoms with Crippen LogP contribution in [0.5, 0.6) is 5.75 Å². The normalized spacial score (nSPS) is 11.1. The summed E-state index contributed by atoms with van der Waals surface area (Å²) in [5, 5.41) is 0. The predicted molar refractivity (Wildman–Crippen MR) is 72.2 cm³/mol. The molecule has 0 fully saturated rings.